The minimum absolute atomic E-state index is 0.00524. The molecule has 1 aliphatic rings. The molecular weight excluding hydrogens is 388 g/mol. The standard InChI is InChI=1S/C20H22N6O4/c1-10(28)12-5-2-11(3-6-12)4-7-15-23-17-18(21)24-20(22)25-19(17)26(15)16-8-13(29)14(9-27)30-16/h2-7,13-14,16,27,29H,8-9H2,1H3,(H4,21,22,24,25)/t13-,14+,16+/m0/s1. The number of carbonyl (C=O) groups excluding carboxylic acids is 1. The number of nitrogen functional groups attached to an aromatic ring is 2. The molecule has 0 radical (unpaired) electrons. The lowest BCUT2D eigenvalue weighted by Crippen LogP contribution is -2.24. The summed E-state index contributed by atoms with van der Waals surface area (Å²) in [7, 11) is 0. The third-order valence-electron chi connectivity index (χ3n) is 5.03. The molecule has 3 atom stereocenters. The van der Waals surface area contributed by atoms with Crippen LogP contribution in [0.4, 0.5) is 11.8 Å². The predicted molar refractivity (Wildman–Crippen MR) is 111 cm³/mol. The number of ketones is 1. The summed E-state index contributed by atoms with van der Waals surface area (Å²) >= 11 is 0. The molecule has 1 aromatic carbocycles. The maximum Gasteiger partial charge on any atom is 0.224 e. The fourth-order valence-electron chi connectivity index (χ4n) is 3.47. The molecule has 2 aromatic heterocycles. The average Bonchev–Trinajstić information content (AvgIpc) is 3.26. The molecule has 156 valence electrons. The van der Waals surface area contributed by atoms with Crippen molar-refractivity contribution >= 4 is 40.9 Å². The maximum atomic E-state index is 11.4. The van der Waals surface area contributed by atoms with Gasteiger partial charge in [-0.3, -0.25) is 9.36 Å². The number of nitrogens with two attached hydrogens (primary N) is 2. The van der Waals surface area contributed by atoms with Crippen molar-refractivity contribution in [1.82, 2.24) is 19.5 Å². The van der Waals surface area contributed by atoms with Crippen LogP contribution in [0.3, 0.4) is 0 Å². The number of hydrogen-bond acceptors (Lipinski definition) is 9. The van der Waals surface area contributed by atoms with Gasteiger partial charge < -0.3 is 26.4 Å². The van der Waals surface area contributed by atoms with Crippen LogP contribution in [0.5, 0.6) is 0 Å². The van der Waals surface area contributed by atoms with Crippen LogP contribution in [0.1, 0.15) is 41.3 Å². The molecule has 10 heteroatoms. The first kappa shape index (κ1) is 20.0. The Morgan fingerprint density at radius 2 is 1.97 bits per heavy atom. The van der Waals surface area contributed by atoms with Crippen LogP contribution in [0.25, 0.3) is 23.3 Å². The van der Waals surface area contributed by atoms with Crippen LogP contribution in [-0.4, -0.2) is 54.3 Å². The van der Waals surface area contributed by atoms with E-state index < -0.39 is 18.4 Å². The Bertz CT molecular complexity index is 1120. The zero-order valence-electron chi connectivity index (χ0n) is 16.3. The quantitative estimate of drug-likeness (QED) is 0.449. The summed E-state index contributed by atoms with van der Waals surface area (Å²) in [4.78, 5) is 24.2. The van der Waals surface area contributed by atoms with E-state index in [2.05, 4.69) is 15.0 Å². The Balaban J connectivity index is 1.77. The number of nitrogens with zero attached hydrogens (tertiary/aromatic N) is 4. The first-order valence-electron chi connectivity index (χ1n) is 9.41. The van der Waals surface area contributed by atoms with Crippen molar-refractivity contribution < 1.29 is 19.7 Å². The van der Waals surface area contributed by atoms with Crippen LogP contribution in [0, 0.1) is 0 Å². The second kappa shape index (κ2) is 7.82. The van der Waals surface area contributed by atoms with Crippen molar-refractivity contribution in [3.8, 4) is 0 Å². The van der Waals surface area contributed by atoms with Gasteiger partial charge in [0.15, 0.2) is 22.8 Å². The molecule has 0 saturated carbocycles. The van der Waals surface area contributed by atoms with Gasteiger partial charge in [0.1, 0.15) is 18.2 Å². The largest absolute Gasteiger partial charge is 0.394 e. The summed E-state index contributed by atoms with van der Waals surface area (Å²) in [5.74, 6) is 0.597. The van der Waals surface area contributed by atoms with Gasteiger partial charge in [-0.1, -0.05) is 30.3 Å². The Morgan fingerprint density at radius 1 is 1.23 bits per heavy atom. The first-order valence-corrected chi connectivity index (χ1v) is 9.41. The van der Waals surface area contributed by atoms with E-state index in [0.717, 1.165) is 5.56 Å². The molecular formula is C20H22N6O4. The Hall–Kier alpha value is -3.34. The summed E-state index contributed by atoms with van der Waals surface area (Å²) in [5, 5.41) is 19.6. The smallest absolute Gasteiger partial charge is 0.224 e. The van der Waals surface area contributed by atoms with E-state index >= 15 is 0 Å². The highest BCUT2D eigenvalue weighted by molar-refractivity contribution is 5.94. The number of fused-ring (bicyclic) bond motifs is 1. The first-order chi connectivity index (χ1) is 14.4. The Morgan fingerprint density at radius 3 is 2.60 bits per heavy atom. The van der Waals surface area contributed by atoms with Crippen molar-refractivity contribution in [3.63, 3.8) is 0 Å². The SMILES string of the molecule is CC(=O)c1ccc(C=Cc2nc3c(N)nc(N)nc3n2[C@H]2C[C@H](O)[C@@H](CO)O2)cc1. The number of Topliss-reactive ketones (excluding diaryl/α,β-unsaturated/α-hetero) is 1. The van der Waals surface area contributed by atoms with Crippen molar-refractivity contribution in [2.75, 3.05) is 18.1 Å². The van der Waals surface area contributed by atoms with Crippen LogP contribution in [0.15, 0.2) is 24.3 Å². The van der Waals surface area contributed by atoms with Gasteiger partial charge in [0.25, 0.3) is 0 Å². The monoisotopic (exact) mass is 410 g/mol. The second-order valence-corrected chi connectivity index (χ2v) is 7.11. The minimum Gasteiger partial charge on any atom is -0.394 e. The van der Waals surface area contributed by atoms with Crippen LogP contribution in [0.2, 0.25) is 0 Å². The molecule has 3 aromatic rings. The molecule has 30 heavy (non-hydrogen) atoms. The summed E-state index contributed by atoms with van der Waals surface area (Å²) in [6.45, 7) is 1.21. The van der Waals surface area contributed by atoms with Crippen molar-refractivity contribution in [1.29, 1.82) is 0 Å². The number of hydrogen-bond donors (Lipinski definition) is 4. The van der Waals surface area contributed by atoms with Gasteiger partial charge >= 0.3 is 0 Å². The zero-order valence-corrected chi connectivity index (χ0v) is 16.3. The van der Waals surface area contributed by atoms with Gasteiger partial charge in [0, 0.05) is 12.0 Å². The molecule has 10 nitrogen and oxygen atoms in total. The number of anilines is 2. The molecule has 0 bridgehead atoms. The lowest BCUT2D eigenvalue weighted by Gasteiger charge is -2.15. The second-order valence-electron chi connectivity index (χ2n) is 7.11. The van der Waals surface area contributed by atoms with Crippen LogP contribution >= 0.6 is 0 Å². The van der Waals surface area contributed by atoms with Gasteiger partial charge in [-0.05, 0) is 18.6 Å². The van der Waals surface area contributed by atoms with Crippen LogP contribution in [-0.2, 0) is 4.74 Å². The van der Waals surface area contributed by atoms with Gasteiger partial charge in [0.2, 0.25) is 5.95 Å². The average molecular weight is 410 g/mol. The summed E-state index contributed by atoms with van der Waals surface area (Å²) < 4.78 is 7.48. The number of imidazole rings is 1. The lowest BCUT2D eigenvalue weighted by molar-refractivity contribution is -0.0433. The van der Waals surface area contributed by atoms with Crippen molar-refractivity contribution in [3.05, 3.63) is 41.2 Å². The number of aromatic nitrogens is 4. The van der Waals surface area contributed by atoms with E-state index in [4.69, 9.17) is 16.2 Å². The number of benzene rings is 1. The number of ether oxygens (including phenoxy) is 1. The van der Waals surface area contributed by atoms with E-state index in [1.165, 1.54) is 6.92 Å². The molecule has 1 fully saturated rings. The molecule has 0 amide bonds. The summed E-state index contributed by atoms with van der Waals surface area (Å²) in [6.07, 6.45) is 1.67. The highest BCUT2D eigenvalue weighted by Gasteiger charge is 2.36. The van der Waals surface area contributed by atoms with Gasteiger partial charge in [-0.2, -0.15) is 9.97 Å². The number of rotatable bonds is 5. The zero-order chi connectivity index (χ0) is 21.4. The molecule has 0 unspecified atom stereocenters. The third-order valence-corrected chi connectivity index (χ3v) is 5.03. The number of aliphatic hydroxyl groups is 2. The topological polar surface area (TPSA) is 162 Å². The summed E-state index contributed by atoms with van der Waals surface area (Å²) in [6, 6.07) is 7.14. The number of aliphatic hydroxyl groups excluding tert-OH is 2. The molecule has 1 saturated heterocycles. The van der Waals surface area contributed by atoms with Crippen molar-refractivity contribution in [2.45, 2.75) is 31.8 Å². The fourth-order valence-corrected chi connectivity index (χ4v) is 3.47. The van der Waals surface area contributed by atoms with E-state index in [-0.39, 0.29) is 30.6 Å². The van der Waals surface area contributed by atoms with E-state index in [1.807, 2.05) is 18.2 Å². The van der Waals surface area contributed by atoms with E-state index in [9.17, 15) is 15.0 Å². The highest BCUT2D eigenvalue weighted by atomic mass is 16.5. The Kier molecular flexibility index (Phi) is 5.20. The molecule has 1 aliphatic heterocycles. The highest BCUT2D eigenvalue weighted by Crippen LogP contribution is 2.34. The van der Waals surface area contributed by atoms with Gasteiger partial charge in [-0.25, -0.2) is 4.98 Å². The van der Waals surface area contributed by atoms with Gasteiger partial charge in [0.05, 0.1) is 12.7 Å². The predicted octanol–water partition coefficient (Wildman–Crippen LogP) is 1.00. The van der Waals surface area contributed by atoms with Crippen molar-refractivity contribution in [2.24, 2.45) is 0 Å². The Labute approximate surface area is 171 Å². The minimum atomic E-state index is -0.829. The normalized spacial score (nSPS) is 21.6. The van der Waals surface area contributed by atoms with E-state index in [1.54, 1.807) is 22.8 Å². The van der Waals surface area contributed by atoms with Gasteiger partial charge in [-0.15, -0.1) is 0 Å². The third kappa shape index (κ3) is 3.63. The number of carbonyl (C=O) groups is 1. The molecule has 0 spiro atoms. The molecule has 4 rings (SSSR count). The molecule has 0 aliphatic carbocycles. The molecule has 6 N–H and O–H groups in total. The lowest BCUT2D eigenvalue weighted by atomic mass is 10.1. The molecule has 3 heterocycles. The fraction of sp³-hybridized carbons (Fsp3) is 0.300. The van der Waals surface area contributed by atoms with Crippen LogP contribution < -0.4 is 11.5 Å². The summed E-state index contributed by atoms with van der Waals surface area (Å²) in [5.41, 5.74) is 14.0. The van der Waals surface area contributed by atoms with E-state index in [0.29, 0.717) is 22.6 Å². The maximum absolute atomic E-state index is 11.4.